The summed E-state index contributed by atoms with van der Waals surface area (Å²) in [5.41, 5.74) is 4.53. The first-order valence-corrected chi connectivity index (χ1v) is 10.4. The van der Waals surface area contributed by atoms with Gasteiger partial charge in [0.25, 0.3) is 0 Å². The molecule has 1 aromatic rings. The van der Waals surface area contributed by atoms with Crippen molar-refractivity contribution in [3.63, 3.8) is 0 Å². The van der Waals surface area contributed by atoms with Gasteiger partial charge in [-0.15, -0.1) is 0 Å². The molecular formula is C21H32Se. The van der Waals surface area contributed by atoms with Gasteiger partial charge in [0, 0.05) is 0 Å². The molecule has 0 amide bonds. The average molecular weight is 363 g/mol. The number of hydrogen-bond donors (Lipinski definition) is 0. The van der Waals surface area contributed by atoms with Crippen molar-refractivity contribution in [2.24, 2.45) is 0 Å². The van der Waals surface area contributed by atoms with Gasteiger partial charge in [0.2, 0.25) is 0 Å². The molecule has 0 N–H and O–H groups in total. The third kappa shape index (κ3) is 5.49. The predicted molar refractivity (Wildman–Crippen MR) is 101 cm³/mol. The summed E-state index contributed by atoms with van der Waals surface area (Å²) in [6.07, 6.45) is 3.51. The van der Waals surface area contributed by atoms with Crippen LogP contribution in [0.5, 0.6) is 0 Å². The van der Waals surface area contributed by atoms with E-state index < -0.39 is 0 Å². The molecule has 0 aliphatic rings. The first-order chi connectivity index (χ1) is 10.4. The van der Waals surface area contributed by atoms with Gasteiger partial charge in [0.05, 0.1) is 0 Å². The molecule has 1 rings (SSSR count). The molecule has 1 heteroatoms. The van der Waals surface area contributed by atoms with Crippen LogP contribution in [0.25, 0.3) is 0 Å². The first-order valence-electron chi connectivity index (χ1n) is 8.70. The van der Waals surface area contributed by atoms with E-state index in [2.05, 4.69) is 71.3 Å². The zero-order valence-electron chi connectivity index (χ0n) is 15.4. The Morgan fingerprint density at radius 3 is 1.86 bits per heavy atom. The molecule has 0 aliphatic heterocycles. The van der Waals surface area contributed by atoms with E-state index >= 15 is 0 Å². The Morgan fingerprint density at radius 2 is 1.45 bits per heavy atom. The summed E-state index contributed by atoms with van der Waals surface area (Å²) in [5, 5.41) is 0. The van der Waals surface area contributed by atoms with E-state index in [0.717, 1.165) is 6.42 Å². The molecule has 0 aromatic heterocycles. The Bertz CT molecular complexity index is 498. The summed E-state index contributed by atoms with van der Waals surface area (Å²) in [7, 11) is 0. The van der Waals surface area contributed by atoms with Crippen LogP contribution in [0, 0.1) is 10.7 Å². The molecule has 0 nitrogen and oxygen atoms in total. The summed E-state index contributed by atoms with van der Waals surface area (Å²) in [4.78, 5) is 3.49. The van der Waals surface area contributed by atoms with Crippen LogP contribution in [0.1, 0.15) is 102 Å². The molecule has 122 valence electrons. The van der Waals surface area contributed by atoms with Crippen LogP contribution < -0.4 is 4.46 Å². The molecule has 0 spiro atoms. The Balaban J connectivity index is 3.22. The minimum absolute atomic E-state index is 0.280. The molecule has 22 heavy (non-hydrogen) atoms. The van der Waals surface area contributed by atoms with E-state index in [-0.39, 0.29) is 15.0 Å². The van der Waals surface area contributed by atoms with Crippen molar-refractivity contribution in [1.29, 1.82) is 0 Å². The van der Waals surface area contributed by atoms with Crippen molar-refractivity contribution < 1.29 is 0 Å². The average Bonchev–Trinajstić information content (AvgIpc) is 2.45. The van der Waals surface area contributed by atoms with Gasteiger partial charge >= 0.3 is 144 Å². The molecule has 0 fully saturated rings. The molecule has 0 bridgehead atoms. The van der Waals surface area contributed by atoms with Crippen molar-refractivity contribution in [1.82, 2.24) is 0 Å². The van der Waals surface area contributed by atoms with Crippen LogP contribution in [0.3, 0.4) is 0 Å². The molecule has 0 heterocycles. The van der Waals surface area contributed by atoms with Gasteiger partial charge < -0.3 is 0 Å². The summed E-state index contributed by atoms with van der Waals surface area (Å²) >= 11 is 0.280. The maximum atomic E-state index is 3.49. The van der Waals surface area contributed by atoms with Gasteiger partial charge in [-0.25, -0.2) is 0 Å². The van der Waals surface area contributed by atoms with E-state index in [4.69, 9.17) is 0 Å². The van der Waals surface area contributed by atoms with Gasteiger partial charge in [-0.2, -0.15) is 0 Å². The summed E-state index contributed by atoms with van der Waals surface area (Å²) < 4.78 is 1.55. The SMILES string of the molecule is CCCCC#C[Se]c1c(C(C)C)cc(C(C)C)cc1C(C)C. The fourth-order valence-electron chi connectivity index (χ4n) is 2.41. The van der Waals surface area contributed by atoms with Crippen LogP contribution >= 0.6 is 0 Å². The molecule has 0 radical (unpaired) electrons. The zero-order chi connectivity index (χ0) is 16.7. The molecule has 0 saturated heterocycles. The normalized spacial score (nSPS) is 11.2. The molecular weight excluding hydrogens is 331 g/mol. The molecule has 0 saturated carbocycles. The quantitative estimate of drug-likeness (QED) is 0.354. The summed E-state index contributed by atoms with van der Waals surface area (Å²) in [5.74, 6) is 5.12. The molecule has 0 aliphatic carbocycles. The van der Waals surface area contributed by atoms with Crippen molar-refractivity contribution in [2.45, 2.75) is 85.5 Å². The van der Waals surface area contributed by atoms with Crippen molar-refractivity contribution in [2.75, 3.05) is 0 Å². The standard InChI is InChI=1S/C21H32Se/c1-8-9-10-11-12-22-21-19(16(4)5)13-18(15(2)3)14-20(21)17(6)7/h13-17H,8-10H2,1-7H3. The van der Waals surface area contributed by atoms with Gasteiger partial charge in [0.1, 0.15) is 0 Å². The van der Waals surface area contributed by atoms with Crippen LogP contribution in [0.2, 0.25) is 0 Å². The minimum atomic E-state index is 0.280. The van der Waals surface area contributed by atoms with Gasteiger partial charge in [0.15, 0.2) is 0 Å². The second kappa shape index (κ2) is 9.44. The predicted octanol–water partition coefficient (Wildman–Crippen LogP) is 5.54. The number of rotatable bonds is 6. The van der Waals surface area contributed by atoms with E-state index in [1.54, 1.807) is 4.46 Å². The van der Waals surface area contributed by atoms with Crippen molar-refractivity contribution in [3.8, 4) is 10.7 Å². The maximum absolute atomic E-state index is 3.49. The summed E-state index contributed by atoms with van der Waals surface area (Å²) in [6, 6.07) is 4.87. The molecule has 0 unspecified atom stereocenters. The fraction of sp³-hybridized carbons (Fsp3) is 0.619. The monoisotopic (exact) mass is 364 g/mol. The first kappa shape index (κ1) is 19.3. The van der Waals surface area contributed by atoms with Gasteiger partial charge in [-0.1, -0.05) is 0 Å². The van der Waals surface area contributed by atoms with Crippen LogP contribution in [0.15, 0.2) is 12.1 Å². The molecule has 1 aromatic carbocycles. The number of benzene rings is 1. The Hall–Kier alpha value is -0.701. The van der Waals surface area contributed by atoms with E-state index in [1.165, 1.54) is 29.5 Å². The third-order valence-corrected chi connectivity index (χ3v) is 5.89. The Labute approximate surface area is 144 Å². The van der Waals surface area contributed by atoms with Gasteiger partial charge in [-0.05, 0) is 0 Å². The van der Waals surface area contributed by atoms with Gasteiger partial charge in [-0.3, -0.25) is 0 Å². The number of hydrogen-bond acceptors (Lipinski definition) is 0. The summed E-state index contributed by atoms with van der Waals surface area (Å²) in [6.45, 7) is 16.1. The Morgan fingerprint density at radius 1 is 0.909 bits per heavy atom. The van der Waals surface area contributed by atoms with Crippen LogP contribution in [0.4, 0.5) is 0 Å². The second-order valence-electron chi connectivity index (χ2n) is 6.98. The molecule has 0 atom stereocenters. The van der Waals surface area contributed by atoms with Crippen LogP contribution in [-0.4, -0.2) is 15.0 Å². The van der Waals surface area contributed by atoms with E-state index in [1.807, 2.05) is 0 Å². The van der Waals surface area contributed by atoms with Crippen molar-refractivity contribution >= 4 is 19.4 Å². The van der Waals surface area contributed by atoms with Crippen LogP contribution in [-0.2, 0) is 0 Å². The third-order valence-electron chi connectivity index (χ3n) is 3.96. The fourth-order valence-corrected chi connectivity index (χ4v) is 4.72. The van der Waals surface area contributed by atoms with E-state index in [9.17, 15) is 0 Å². The van der Waals surface area contributed by atoms with E-state index in [0.29, 0.717) is 17.8 Å². The topological polar surface area (TPSA) is 0 Å². The number of unbranched alkanes of at least 4 members (excludes halogenated alkanes) is 2. The van der Waals surface area contributed by atoms with Crippen molar-refractivity contribution in [3.05, 3.63) is 28.8 Å². The second-order valence-corrected chi connectivity index (χ2v) is 8.69. The Kier molecular flexibility index (Phi) is 8.30. The zero-order valence-corrected chi connectivity index (χ0v) is 17.1.